The first-order valence-corrected chi connectivity index (χ1v) is 9.70. The first kappa shape index (κ1) is 20.1. The fraction of sp³-hybridized carbons (Fsp3) is 0.550. The molecule has 8 heteroatoms. The molecule has 1 heterocycles. The second kappa shape index (κ2) is 8.60. The molecule has 152 valence electrons. The second-order valence-corrected chi connectivity index (χ2v) is 7.40. The number of urea groups is 1. The number of hydrogen-bond donors (Lipinski definition) is 3. The minimum absolute atomic E-state index is 0.0568. The van der Waals surface area contributed by atoms with Gasteiger partial charge in [-0.1, -0.05) is 38.0 Å². The lowest BCUT2D eigenvalue weighted by molar-refractivity contribution is -0.137. The highest BCUT2D eigenvalue weighted by Crippen LogP contribution is 2.38. The highest BCUT2D eigenvalue weighted by Gasteiger charge is 2.55. The van der Waals surface area contributed by atoms with Gasteiger partial charge in [0.25, 0.3) is 5.91 Å². The zero-order valence-corrected chi connectivity index (χ0v) is 16.1. The Morgan fingerprint density at radius 2 is 2.14 bits per heavy atom. The van der Waals surface area contributed by atoms with Gasteiger partial charge in [0.05, 0.1) is 6.61 Å². The Morgan fingerprint density at radius 1 is 1.36 bits per heavy atom. The fourth-order valence-corrected chi connectivity index (χ4v) is 3.98. The number of carbonyl (C=O) groups is 3. The van der Waals surface area contributed by atoms with Gasteiger partial charge in [-0.15, -0.1) is 0 Å². The van der Waals surface area contributed by atoms with E-state index in [0.29, 0.717) is 12.2 Å². The number of carbonyl (C=O) groups excluding carboxylic acids is 3. The van der Waals surface area contributed by atoms with Crippen LogP contribution in [0.4, 0.5) is 4.79 Å². The van der Waals surface area contributed by atoms with Crippen LogP contribution in [-0.4, -0.2) is 53.1 Å². The fourth-order valence-electron chi connectivity index (χ4n) is 3.98. The molecule has 1 aromatic carbocycles. The Labute approximate surface area is 164 Å². The number of aliphatic hydroxyl groups excluding tert-OH is 1. The van der Waals surface area contributed by atoms with Crippen LogP contribution >= 0.6 is 0 Å². The standard InChI is InChI=1S/C20H27N3O5/c1-14-6-4-5-9-20(14)18(26)23(19(27)22-20)13-17(25)21-12-15-7-2-3-8-16(15)28-11-10-24/h2-3,7-8,14,24H,4-6,9-13H2,1H3,(H,21,25)(H,22,27)/t14-,20+/m0/s1. The van der Waals surface area contributed by atoms with Gasteiger partial charge in [0.1, 0.15) is 24.4 Å². The van der Waals surface area contributed by atoms with Gasteiger partial charge in [0, 0.05) is 12.1 Å². The molecule has 1 aliphatic carbocycles. The van der Waals surface area contributed by atoms with E-state index in [1.54, 1.807) is 18.2 Å². The molecular formula is C20H27N3O5. The lowest BCUT2D eigenvalue weighted by Crippen LogP contribution is -2.54. The Hall–Kier alpha value is -2.61. The average molecular weight is 389 g/mol. The largest absolute Gasteiger partial charge is 0.491 e. The predicted molar refractivity (Wildman–Crippen MR) is 101 cm³/mol. The van der Waals surface area contributed by atoms with Crippen molar-refractivity contribution in [1.29, 1.82) is 0 Å². The maximum Gasteiger partial charge on any atom is 0.325 e. The van der Waals surface area contributed by atoms with Crippen LogP contribution in [0.3, 0.4) is 0 Å². The number of imide groups is 1. The van der Waals surface area contributed by atoms with Crippen LogP contribution in [0.5, 0.6) is 5.75 Å². The summed E-state index contributed by atoms with van der Waals surface area (Å²) in [7, 11) is 0. The monoisotopic (exact) mass is 389 g/mol. The van der Waals surface area contributed by atoms with Gasteiger partial charge in [-0.25, -0.2) is 4.79 Å². The molecule has 3 rings (SSSR count). The van der Waals surface area contributed by atoms with Gasteiger partial charge in [-0.3, -0.25) is 14.5 Å². The molecule has 0 bridgehead atoms. The van der Waals surface area contributed by atoms with Crippen molar-refractivity contribution in [3.63, 3.8) is 0 Å². The summed E-state index contributed by atoms with van der Waals surface area (Å²) in [4.78, 5) is 38.7. The van der Waals surface area contributed by atoms with Crippen molar-refractivity contribution in [3.05, 3.63) is 29.8 Å². The zero-order valence-electron chi connectivity index (χ0n) is 16.1. The number of nitrogens with one attached hydrogen (secondary N) is 2. The predicted octanol–water partition coefficient (Wildman–Crippen LogP) is 1.17. The Bertz CT molecular complexity index is 753. The van der Waals surface area contributed by atoms with Crippen LogP contribution in [0.25, 0.3) is 0 Å². The summed E-state index contributed by atoms with van der Waals surface area (Å²) in [6.45, 7) is 1.93. The van der Waals surface area contributed by atoms with Crippen molar-refractivity contribution < 1.29 is 24.2 Å². The smallest absolute Gasteiger partial charge is 0.325 e. The Balaban J connectivity index is 1.60. The van der Waals surface area contributed by atoms with E-state index in [2.05, 4.69) is 10.6 Å². The Kier molecular flexibility index (Phi) is 6.18. The maximum atomic E-state index is 12.9. The second-order valence-electron chi connectivity index (χ2n) is 7.40. The lowest BCUT2D eigenvalue weighted by Gasteiger charge is -2.36. The van der Waals surface area contributed by atoms with Crippen molar-refractivity contribution in [3.8, 4) is 5.75 Å². The number of amides is 4. The van der Waals surface area contributed by atoms with Crippen LogP contribution in [0.2, 0.25) is 0 Å². The minimum atomic E-state index is -0.861. The molecule has 1 aromatic rings. The van der Waals surface area contributed by atoms with E-state index in [-0.39, 0.29) is 38.1 Å². The summed E-state index contributed by atoms with van der Waals surface area (Å²) in [5.74, 6) is -0.0874. The molecule has 2 atom stereocenters. The van der Waals surface area contributed by atoms with E-state index in [0.717, 1.165) is 29.7 Å². The molecular weight excluding hydrogens is 362 g/mol. The van der Waals surface area contributed by atoms with Crippen molar-refractivity contribution in [2.75, 3.05) is 19.8 Å². The maximum absolute atomic E-state index is 12.9. The van der Waals surface area contributed by atoms with Crippen LogP contribution in [0.1, 0.15) is 38.2 Å². The first-order valence-electron chi connectivity index (χ1n) is 9.70. The molecule has 2 fully saturated rings. The highest BCUT2D eigenvalue weighted by molar-refractivity contribution is 6.09. The molecule has 1 aliphatic heterocycles. The minimum Gasteiger partial charge on any atom is -0.491 e. The molecule has 2 aliphatic rings. The number of para-hydroxylation sites is 1. The summed E-state index contributed by atoms with van der Waals surface area (Å²) >= 11 is 0. The van der Waals surface area contributed by atoms with Crippen molar-refractivity contribution >= 4 is 17.8 Å². The third-order valence-corrected chi connectivity index (χ3v) is 5.60. The topological polar surface area (TPSA) is 108 Å². The number of hydrogen-bond acceptors (Lipinski definition) is 5. The summed E-state index contributed by atoms with van der Waals surface area (Å²) < 4.78 is 5.44. The number of benzene rings is 1. The van der Waals surface area contributed by atoms with E-state index < -0.39 is 17.5 Å². The highest BCUT2D eigenvalue weighted by atomic mass is 16.5. The van der Waals surface area contributed by atoms with E-state index in [1.807, 2.05) is 13.0 Å². The molecule has 0 aromatic heterocycles. The average Bonchev–Trinajstić information content (AvgIpc) is 2.92. The summed E-state index contributed by atoms with van der Waals surface area (Å²) in [5.41, 5.74) is -0.112. The number of rotatable bonds is 7. The van der Waals surface area contributed by atoms with Crippen LogP contribution in [0.15, 0.2) is 24.3 Å². The van der Waals surface area contributed by atoms with Crippen molar-refractivity contribution in [2.24, 2.45) is 5.92 Å². The molecule has 4 amide bonds. The van der Waals surface area contributed by atoms with Gasteiger partial charge in [-0.2, -0.15) is 0 Å². The van der Waals surface area contributed by atoms with E-state index in [9.17, 15) is 14.4 Å². The van der Waals surface area contributed by atoms with E-state index in [1.165, 1.54) is 0 Å². The Morgan fingerprint density at radius 3 is 2.89 bits per heavy atom. The van der Waals surface area contributed by atoms with Crippen LogP contribution in [-0.2, 0) is 16.1 Å². The first-order chi connectivity index (χ1) is 13.5. The molecule has 0 radical (unpaired) electrons. The van der Waals surface area contributed by atoms with Gasteiger partial charge >= 0.3 is 6.03 Å². The van der Waals surface area contributed by atoms with Gasteiger partial charge < -0.3 is 20.5 Å². The zero-order chi connectivity index (χ0) is 20.1. The summed E-state index contributed by atoms with van der Waals surface area (Å²) in [6.07, 6.45) is 3.44. The third-order valence-electron chi connectivity index (χ3n) is 5.60. The van der Waals surface area contributed by atoms with E-state index in [4.69, 9.17) is 9.84 Å². The third kappa shape index (κ3) is 3.96. The van der Waals surface area contributed by atoms with Gasteiger partial charge in [0.15, 0.2) is 0 Å². The molecule has 1 spiro atoms. The van der Waals surface area contributed by atoms with Gasteiger partial charge in [0.2, 0.25) is 5.91 Å². The molecule has 1 saturated heterocycles. The summed E-state index contributed by atoms with van der Waals surface area (Å²) in [6, 6.07) is 6.68. The number of ether oxygens (including phenoxy) is 1. The lowest BCUT2D eigenvalue weighted by atomic mass is 9.73. The molecule has 0 unspecified atom stereocenters. The van der Waals surface area contributed by atoms with Gasteiger partial charge in [-0.05, 0) is 24.8 Å². The SMILES string of the molecule is C[C@H]1CCCC[C@@]12NC(=O)N(CC(=O)NCc1ccccc1OCCO)C2=O. The molecule has 28 heavy (non-hydrogen) atoms. The normalized spacial score (nSPS) is 24.4. The quantitative estimate of drug-likeness (QED) is 0.607. The van der Waals surface area contributed by atoms with Crippen molar-refractivity contribution in [1.82, 2.24) is 15.5 Å². The van der Waals surface area contributed by atoms with Crippen LogP contribution in [0, 0.1) is 5.92 Å². The summed E-state index contributed by atoms with van der Waals surface area (Å²) in [5, 5.41) is 14.5. The molecule has 8 nitrogen and oxygen atoms in total. The van der Waals surface area contributed by atoms with E-state index >= 15 is 0 Å². The number of nitrogens with zero attached hydrogens (tertiary/aromatic N) is 1. The molecule has 1 saturated carbocycles. The van der Waals surface area contributed by atoms with Crippen LogP contribution < -0.4 is 15.4 Å². The molecule has 3 N–H and O–H groups in total. The van der Waals surface area contributed by atoms with Crippen molar-refractivity contribution in [2.45, 2.75) is 44.7 Å². The number of aliphatic hydroxyl groups is 1.